The Morgan fingerprint density at radius 2 is 2.12 bits per heavy atom. The summed E-state index contributed by atoms with van der Waals surface area (Å²) in [5.74, 6) is -0.429. The molecule has 4 heteroatoms. The van der Waals surface area contributed by atoms with Gasteiger partial charge in [-0.2, -0.15) is 0 Å². The predicted molar refractivity (Wildman–Crippen MR) is 67.2 cm³/mol. The second kappa shape index (κ2) is 5.52. The molecule has 92 valence electrons. The Balaban J connectivity index is 2.01. The summed E-state index contributed by atoms with van der Waals surface area (Å²) in [7, 11) is 0. The van der Waals surface area contributed by atoms with E-state index in [1.165, 1.54) is 5.56 Å². The van der Waals surface area contributed by atoms with Crippen LogP contribution in [0.25, 0.3) is 0 Å². The third kappa shape index (κ3) is 3.45. The highest BCUT2D eigenvalue weighted by Gasteiger charge is 2.24. The minimum Gasteiger partial charge on any atom is -0.481 e. The summed E-state index contributed by atoms with van der Waals surface area (Å²) in [6.07, 6.45) is 2.09. The van der Waals surface area contributed by atoms with Crippen LogP contribution in [-0.2, 0) is 4.79 Å². The van der Waals surface area contributed by atoms with E-state index in [4.69, 9.17) is 16.7 Å². The lowest BCUT2D eigenvalue weighted by Gasteiger charge is -2.29. The molecule has 1 fully saturated rings. The number of hydrogen-bond acceptors (Lipinski definition) is 2. The maximum absolute atomic E-state index is 10.7. The van der Waals surface area contributed by atoms with Gasteiger partial charge in [0.15, 0.2) is 0 Å². The number of nitrogens with one attached hydrogen (secondary N) is 1. The lowest BCUT2D eigenvalue weighted by Crippen LogP contribution is -2.32. The second-order valence-electron chi connectivity index (χ2n) is 4.55. The van der Waals surface area contributed by atoms with Crippen LogP contribution < -0.4 is 5.32 Å². The number of aliphatic carboxylic acids is 1. The molecule has 2 atom stereocenters. The number of carbonyl (C=O) groups is 1. The zero-order chi connectivity index (χ0) is 12.3. The molecule has 0 saturated carbocycles. The Morgan fingerprint density at radius 3 is 2.76 bits per heavy atom. The van der Waals surface area contributed by atoms with Gasteiger partial charge in [-0.05, 0) is 43.0 Å². The summed E-state index contributed by atoms with van der Waals surface area (Å²) in [6.45, 7) is 0.880. The molecule has 0 bridgehead atoms. The highest BCUT2D eigenvalue weighted by molar-refractivity contribution is 6.30. The Bertz CT molecular complexity index is 391. The van der Waals surface area contributed by atoms with E-state index in [1.807, 2.05) is 24.3 Å². The molecule has 0 radical (unpaired) electrons. The van der Waals surface area contributed by atoms with Crippen molar-refractivity contribution in [2.75, 3.05) is 6.54 Å². The fourth-order valence-electron chi connectivity index (χ4n) is 2.38. The molecule has 1 saturated heterocycles. The van der Waals surface area contributed by atoms with Gasteiger partial charge in [-0.1, -0.05) is 23.7 Å². The summed E-state index contributed by atoms with van der Waals surface area (Å²) in [6, 6.07) is 8.01. The van der Waals surface area contributed by atoms with Crippen LogP contribution >= 0.6 is 11.6 Å². The van der Waals surface area contributed by atoms with Crippen molar-refractivity contribution >= 4 is 17.6 Å². The van der Waals surface area contributed by atoms with Crippen LogP contribution in [0, 0.1) is 5.92 Å². The van der Waals surface area contributed by atoms with E-state index in [0.29, 0.717) is 0 Å². The van der Waals surface area contributed by atoms with Gasteiger partial charge in [-0.15, -0.1) is 0 Å². The number of hydrogen-bond donors (Lipinski definition) is 2. The molecule has 1 aliphatic heterocycles. The first-order valence-electron chi connectivity index (χ1n) is 5.86. The topological polar surface area (TPSA) is 49.3 Å². The number of rotatable bonds is 3. The van der Waals surface area contributed by atoms with E-state index < -0.39 is 5.97 Å². The number of carboxylic acid groups (broad SMARTS) is 1. The minimum atomic E-state index is -0.702. The monoisotopic (exact) mass is 253 g/mol. The number of benzene rings is 1. The van der Waals surface area contributed by atoms with E-state index in [-0.39, 0.29) is 18.4 Å². The normalized spacial score (nSPS) is 24.5. The van der Waals surface area contributed by atoms with Crippen molar-refractivity contribution in [1.29, 1.82) is 0 Å². The molecular formula is C13H16ClNO2. The smallest absolute Gasteiger partial charge is 0.303 e. The molecule has 1 heterocycles. The Labute approximate surface area is 106 Å². The number of carboxylic acids is 1. The van der Waals surface area contributed by atoms with Crippen molar-refractivity contribution in [1.82, 2.24) is 5.32 Å². The van der Waals surface area contributed by atoms with Crippen molar-refractivity contribution in [3.8, 4) is 0 Å². The number of halogens is 1. The highest BCUT2D eigenvalue weighted by Crippen LogP contribution is 2.29. The zero-order valence-electron chi connectivity index (χ0n) is 9.53. The third-order valence-corrected chi connectivity index (χ3v) is 3.50. The van der Waals surface area contributed by atoms with Gasteiger partial charge in [0.2, 0.25) is 0 Å². The predicted octanol–water partition coefficient (Wildman–Crippen LogP) is 2.86. The second-order valence-corrected chi connectivity index (χ2v) is 4.98. The lowest BCUT2D eigenvalue weighted by atomic mass is 9.87. The van der Waals surface area contributed by atoms with Gasteiger partial charge in [0, 0.05) is 17.5 Å². The standard InChI is InChI=1S/C13H16ClNO2/c14-11-3-1-10(2-4-11)12-7-9(5-6-15-12)8-13(16)17/h1-4,9,12,15H,5-8H2,(H,16,17). The van der Waals surface area contributed by atoms with Crippen molar-refractivity contribution < 1.29 is 9.90 Å². The fourth-order valence-corrected chi connectivity index (χ4v) is 2.50. The van der Waals surface area contributed by atoms with Crippen LogP contribution in [0.15, 0.2) is 24.3 Å². The maximum Gasteiger partial charge on any atom is 0.303 e. The summed E-state index contributed by atoms with van der Waals surface area (Å²) < 4.78 is 0. The average molecular weight is 254 g/mol. The molecule has 0 aliphatic carbocycles. The lowest BCUT2D eigenvalue weighted by molar-refractivity contribution is -0.138. The molecule has 1 aromatic rings. The van der Waals surface area contributed by atoms with Crippen LogP contribution in [0.4, 0.5) is 0 Å². The SMILES string of the molecule is O=C(O)CC1CCNC(c2ccc(Cl)cc2)C1. The molecule has 2 unspecified atom stereocenters. The first-order chi connectivity index (χ1) is 8.15. The Kier molecular flexibility index (Phi) is 4.02. The molecular weight excluding hydrogens is 238 g/mol. The molecule has 1 aromatic carbocycles. The van der Waals surface area contributed by atoms with Crippen molar-refractivity contribution in [2.45, 2.75) is 25.3 Å². The summed E-state index contributed by atoms with van der Waals surface area (Å²) >= 11 is 5.85. The average Bonchev–Trinajstić information content (AvgIpc) is 2.29. The number of piperidine rings is 1. The largest absolute Gasteiger partial charge is 0.481 e. The van der Waals surface area contributed by atoms with Crippen molar-refractivity contribution in [3.63, 3.8) is 0 Å². The molecule has 1 aliphatic rings. The van der Waals surface area contributed by atoms with Crippen molar-refractivity contribution in [2.24, 2.45) is 5.92 Å². The fraction of sp³-hybridized carbons (Fsp3) is 0.462. The molecule has 0 amide bonds. The van der Waals surface area contributed by atoms with Gasteiger partial charge in [0.1, 0.15) is 0 Å². The van der Waals surface area contributed by atoms with E-state index in [9.17, 15) is 4.79 Å². The highest BCUT2D eigenvalue weighted by atomic mass is 35.5. The summed E-state index contributed by atoms with van der Waals surface area (Å²) in [4.78, 5) is 10.7. The molecule has 2 rings (SSSR count). The van der Waals surface area contributed by atoms with Gasteiger partial charge < -0.3 is 10.4 Å². The quantitative estimate of drug-likeness (QED) is 0.871. The van der Waals surface area contributed by atoms with E-state index in [0.717, 1.165) is 24.4 Å². The zero-order valence-corrected chi connectivity index (χ0v) is 10.3. The van der Waals surface area contributed by atoms with Crippen LogP contribution in [-0.4, -0.2) is 17.6 Å². The molecule has 3 nitrogen and oxygen atoms in total. The van der Waals surface area contributed by atoms with Gasteiger partial charge in [-0.3, -0.25) is 4.79 Å². The molecule has 2 N–H and O–H groups in total. The Hall–Kier alpha value is -1.06. The molecule has 0 aromatic heterocycles. The maximum atomic E-state index is 10.7. The minimum absolute atomic E-state index is 0.255. The van der Waals surface area contributed by atoms with Crippen LogP contribution in [0.2, 0.25) is 5.02 Å². The van der Waals surface area contributed by atoms with Gasteiger partial charge in [-0.25, -0.2) is 0 Å². The molecule has 17 heavy (non-hydrogen) atoms. The Morgan fingerprint density at radius 1 is 1.41 bits per heavy atom. The van der Waals surface area contributed by atoms with E-state index >= 15 is 0 Å². The molecule has 0 spiro atoms. The van der Waals surface area contributed by atoms with Crippen LogP contribution in [0.3, 0.4) is 0 Å². The van der Waals surface area contributed by atoms with E-state index in [1.54, 1.807) is 0 Å². The van der Waals surface area contributed by atoms with Crippen LogP contribution in [0.1, 0.15) is 30.9 Å². The third-order valence-electron chi connectivity index (χ3n) is 3.25. The summed E-state index contributed by atoms with van der Waals surface area (Å²) in [5, 5.41) is 13.0. The first kappa shape index (κ1) is 12.4. The van der Waals surface area contributed by atoms with Gasteiger partial charge >= 0.3 is 5.97 Å². The first-order valence-corrected chi connectivity index (χ1v) is 6.23. The van der Waals surface area contributed by atoms with Gasteiger partial charge in [0.25, 0.3) is 0 Å². The summed E-state index contributed by atoms with van der Waals surface area (Å²) in [5.41, 5.74) is 1.18. The van der Waals surface area contributed by atoms with E-state index in [2.05, 4.69) is 5.32 Å². The van der Waals surface area contributed by atoms with Crippen LogP contribution in [0.5, 0.6) is 0 Å². The van der Waals surface area contributed by atoms with Gasteiger partial charge in [0.05, 0.1) is 0 Å². The van der Waals surface area contributed by atoms with Crippen molar-refractivity contribution in [3.05, 3.63) is 34.9 Å².